The number of carboxylic acids is 1. The Morgan fingerprint density at radius 2 is 1.46 bits per heavy atom. The molecule has 1 atom stereocenters. The largest absolute Gasteiger partial charge is 0.542 e. The van der Waals surface area contributed by atoms with Gasteiger partial charge in [-0.25, -0.2) is 9.59 Å². The average molecular weight is 695 g/mol. The number of ether oxygens (including phenoxy) is 1. The number of hydrogen-bond acceptors (Lipinski definition) is 7. The van der Waals surface area contributed by atoms with Crippen molar-refractivity contribution in [3.05, 3.63) is 94.5 Å². The number of aromatic hydroxyl groups is 1. The quantitative estimate of drug-likeness (QED) is 0.165. The van der Waals surface area contributed by atoms with Gasteiger partial charge < -0.3 is 40.2 Å². The third-order valence-electron chi connectivity index (χ3n) is 6.49. The Kier molecular flexibility index (Phi) is 14.7. The summed E-state index contributed by atoms with van der Waals surface area (Å²) in [5.74, 6) is -3.67. The summed E-state index contributed by atoms with van der Waals surface area (Å²) in [6, 6.07) is 19.0. The van der Waals surface area contributed by atoms with Crippen LogP contribution in [-0.2, 0) is 27.3 Å². The number of likely N-dealkylation sites (N-methyl/N-ethyl adjacent to an activating group) is 1. The van der Waals surface area contributed by atoms with Crippen molar-refractivity contribution in [3.8, 4) is 5.75 Å². The number of anilines is 1. The Balaban J connectivity index is 0.00000103. The molecule has 11 nitrogen and oxygen atoms in total. The van der Waals surface area contributed by atoms with Crippen LogP contribution in [0.25, 0.3) is 0 Å². The lowest BCUT2D eigenvalue weighted by atomic mass is 10.1. The van der Waals surface area contributed by atoms with Crippen LogP contribution in [0.2, 0.25) is 5.02 Å². The summed E-state index contributed by atoms with van der Waals surface area (Å²) < 4.78 is 37.4. The van der Waals surface area contributed by atoms with Crippen molar-refractivity contribution in [3.63, 3.8) is 0 Å². The Labute approximate surface area is 281 Å². The summed E-state index contributed by atoms with van der Waals surface area (Å²) >= 11 is 5.99. The molecule has 0 heterocycles. The van der Waals surface area contributed by atoms with Crippen molar-refractivity contribution in [2.24, 2.45) is 0 Å². The number of esters is 1. The van der Waals surface area contributed by atoms with Crippen molar-refractivity contribution in [2.75, 3.05) is 32.5 Å². The molecular formula is C33H38ClF3N4O7. The molecular weight excluding hydrogens is 657 g/mol. The van der Waals surface area contributed by atoms with Crippen LogP contribution in [0.15, 0.2) is 72.8 Å². The number of nitrogens with one attached hydrogen (secondary N) is 3. The average Bonchev–Trinajstić information content (AvgIpc) is 2.98. The number of rotatable bonds is 12. The fourth-order valence-corrected chi connectivity index (χ4v) is 4.27. The molecule has 0 aliphatic heterocycles. The number of phenolic OH excluding ortho intramolecular Hbond substituents is 1. The highest BCUT2D eigenvalue weighted by Crippen LogP contribution is 2.15. The maximum atomic E-state index is 13.2. The molecule has 48 heavy (non-hydrogen) atoms. The Morgan fingerprint density at radius 1 is 0.917 bits per heavy atom. The summed E-state index contributed by atoms with van der Waals surface area (Å²) in [6.07, 6.45) is -5.21. The molecule has 0 spiro atoms. The number of amides is 3. The number of carbonyl (C=O) groups excluding carboxylic acids is 4. The van der Waals surface area contributed by atoms with E-state index in [0.29, 0.717) is 33.8 Å². The van der Waals surface area contributed by atoms with E-state index < -0.39 is 30.2 Å². The zero-order valence-electron chi connectivity index (χ0n) is 26.8. The highest BCUT2D eigenvalue weighted by molar-refractivity contribution is 6.30. The molecule has 3 aromatic carbocycles. The van der Waals surface area contributed by atoms with E-state index in [2.05, 4.69) is 30.0 Å². The van der Waals surface area contributed by atoms with Gasteiger partial charge >= 0.3 is 18.2 Å². The third-order valence-corrected chi connectivity index (χ3v) is 6.74. The molecule has 0 fully saturated rings. The van der Waals surface area contributed by atoms with Crippen molar-refractivity contribution in [1.82, 2.24) is 10.6 Å². The van der Waals surface area contributed by atoms with Gasteiger partial charge in [0.25, 0.3) is 0 Å². The number of benzene rings is 3. The monoisotopic (exact) mass is 694 g/mol. The Bertz CT molecular complexity index is 1520. The first-order valence-corrected chi connectivity index (χ1v) is 15.0. The molecule has 260 valence electrons. The number of aliphatic carboxylic acids is 1. The molecule has 4 N–H and O–H groups in total. The number of halogens is 4. The molecule has 0 saturated heterocycles. The van der Waals surface area contributed by atoms with Crippen molar-refractivity contribution >= 4 is 41.2 Å². The number of phenols is 1. The van der Waals surface area contributed by atoms with Gasteiger partial charge in [0.2, 0.25) is 5.91 Å². The molecule has 3 amide bonds. The first kappa shape index (κ1) is 39.4. The van der Waals surface area contributed by atoms with Crippen LogP contribution >= 0.6 is 11.6 Å². The molecule has 0 bridgehead atoms. The number of carboxylic acid groups (broad SMARTS) is 1. The first-order valence-electron chi connectivity index (χ1n) is 14.6. The van der Waals surface area contributed by atoms with Crippen LogP contribution in [0.1, 0.15) is 35.3 Å². The number of urea groups is 1. The molecule has 0 unspecified atom stereocenters. The van der Waals surface area contributed by atoms with Crippen LogP contribution in [0.5, 0.6) is 5.75 Å². The van der Waals surface area contributed by atoms with Crippen molar-refractivity contribution < 1.29 is 51.8 Å². The lowest BCUT2D eigenvalue weighted by Gasteiger charge is -2.30. The second-order valence-electron chi connectivity index (χ2n) is 11.6. The Morgan fingerprint density at radius 3 is 1.98 bits per heavy atom. The summed E-state index contributed by atoms with van der Waals surface area (Å²) in [4.78, 5) is 46.9. The molecule has 0 saturated carbocycles. The zero-order chi connectivity index (χ0) is 36.1. The standard InChI is InChI=1S/C31H37ClN4O5.C2HF3O2/c1-21(2)41-30(39)24-9-13-26(14-10-24)34-31(40)35-28(19-22-7-15-27(37)16-8-22)29(38)33-17-18-36(3,4)20-23-5-11-25(32)12-6-23;3-2(4,5)1(6)7/h5-16,21,28H,17-20H2,1-4H3,(H3-,33,34,35,37,38,39,40);(H,6,7)/t28-;/m0./s1. The summed E-state index contributed by atoms with van der Waals surface area (Å²) in [6.45, 7) is 5.37. The van der Waals surface area contributed by atoms with Crippen LogP contribution in [0.4, 0.5) is 23.7 Å². The summed E-state index contributed by atoms with van der Waals surface area (Å²) in [5, 5.41) is 27.5. The minimum Gasteiger partial charge on any atom is -0.542 e. The lowest BCUT2D eigenvalue weighted by Crippen LogP contribution is -2.51. The van der Waals surface area contributed by atoms with E-state index in [0.717, 1.165) is 17.7 Å². The van der Waals surface area contributed by atoms with E-state index in [-0.39, 0.29) is 24.2 Å². The second kappa shape index (κ2) is 17.9. The SMILES string of the molecule is CC(C)OC(=O)c1ccc(NC(=O)N[C@@H](Cc2ccc(O)cc2)C(=O)NCC[N+](C)(C)Cc2ccc(Cl)cc2)cc1.O=C([O-])C(F)(F)F. The normalized spacial score (nSPS) is 11.9. The summed E-state index contributed by atoms with van der Waals surface area (Å²) in [5.41, 5.74) is 2.73. The molecule has 0 aliphatic carbocycles. The molecule has 0 aromatic heterocycles. The predicted molar refractivity (Wildman–Crippen MR) is 171 cm³/mol. The fraction of sp³-hybridized carbons (Fsp3) is 0.333. The molecule has 0 aliphatic rings. The fourth-order valence-electron chi connectivity index (χ4n) is 4.14. The minimum atomic E-state index is -5.19. The van der Waals surface area contributed by atoms with E-state index in [9.17, 15) is 32.7 Å². The van der Waals surface area contributed by atoms with E-state index in [4.69, 9.17) is 26.2 Å². The topological polar surface area (TPSA) is 157 Å². The third kappa shape index (κ3) is 14.7. The number of carbonyl (C=O) groups is 4. The maximum absolute atomic E-state index is 13.2. The molecule has 15 heteroatoms. The summed E-state index contributed by atoms with van der Waals surface area (Å²) in [7, 11) is 4.16. The van der Waals surface area contributed by atoms with Gasteiger partial charge in [0.15, 0.2) is 0 Å². The molecule has 3 aromatic rings. The van der Waals surface area contributed by atoms with E-state index in [1.54, 1.807) is 50.2 Å². The molecule has 3 rings (SSSR count). The number of alkyl halides is 3. The maximum Gasteiger partial charge on any atom is 0.430 e. The van der Waals surface area contributed by atoms with Gasteiger partial charge in [-0.2, -0.15) is 13.2 Å². The van der Waals surface area contributed by atoms with E-state index in [1.165, 1.54) is 12.1 Å². The van der Waals surface area contributed by atoms with Crippen molar-refractivity contribution in [1.29, 1.82) is 0 Å². The van der Waals surface area contributed by atoms with Gasteiger partial charge in [0, 0.05) is 22.7 Å². The number of quaternary nitrogens is 1. The van der Waals surface area contributed by atoms with Gasteiger partial charge in [-0.15, -0.1) is 0 Å². The minimum absolute atomic E-state index is 0.113. The van der Waals surface area contributed by atoms with Gasteiger partial charge in [0.1, 0.15) is 24.3 Å². The van der Waals surface area contributed by atoms with Crippen LogP contribution in [0.3, 0.4) is 0 Å². The smallest absolute Gasteiger partial charge is 0.430 e. The first-order chi connectivity index (χ1) is 22.3. The van der Waals surface area contributed by atoms with Gasteiger partial charge in [-0.3, -0.25) is 4.79 Å². The Hall–Kier alpha value is -4.82. The van der Waals surface area contributed by atoms with Crippen LogP contribution < -0.4 is 21.1 Å². The molecule has 0 radical (unpaired) electrons. The number of nitrogens with zero attached hydrogens (tertiary/aromatic N) is 1. The van der Waals surface area contributed by atoms with Crippen LogP contribution in [0, 0.1) is 0 Å². The highest BCUT2D eigenvalue weighted by Gasteiger charge is 2.29. The van der Waals surface area contributed by atoms with Gasteiger partial charge in [-0.05, 0) is 67.9 Å². The van der Waals surface area contributed by atoms with Gasteiger partial charge in [0.05, 0.1) is 38.9 Å². The van der Waals surface area contributed by atoms with Crippen molar-refractivity contribution in [2.45, 2.75) is 45.1 Å². The van der Waals surface area contributed by atoms with E-state index >= 15 is 0 Å². The highest BCUT2D eigenvalue weighted by atomic mass is 35.5. The predicted octanol–water partition coefficient (Wildman–Crippen LogP) is 4.04. The lowest BCUT2D eigenvalue weighted by molar-refractivity contribution is -0.902. The number of hydrogen-bond donors (Lipinski definition) is 4. The van der Waals surface area contributed by atoms with Gasteiger partial charge in [-0.1, -0.05) is 35.9 Å². The second-order valence-corrected chi connectivity index (χ2v) is 12.0. The zero-order valence-corrected chi connectivity index (χ0v) is 27.5. The van der Waals surface area contributed by atoms with Crippen LogP contribution in [-0.4, -0.2) is 79.0 Å². The van der Waals surface area contributed by atoms with E-state index in [1.807, 2.05) is 24.3 Å².